The van der Waals surface area contributed by atoms with E-state index in [1.54, 1.807) is 10.8 Å². The number of carbonyl (C=O) groups is 4. The molecule has 3 aromatic rings. The van der Waals surface area contributed by atoms with Crippen LogP contribution in [0.4, 0.5) is 0 Å². The Kier molecular flexibility index (Phi) is 10.5. The first-order valence-electron chi connectivity index (χ1n) is 19.4. The summed E-state index contributed by atoms with van der Waals surface area (Å²) in [5.41, 5.74) is 0.938. The number of carbonyl (C=O) groups excluding carboxylic acids is 4. The molecule has 13 nitrogen and oxygen atoms in total. The lowest BCUT2D eigenvalue weighted by molar-refractivity contribution is -0.148. The maximum absolute atomic E-state index is 14.9. The molecular formula is C41H51N7O6S. The van der Waals surface area contributed by atoms with Crippen LogP contribution in [0.15, 0.2) is 73.3 Å². The number of hydrogen-bond acceptors (Lipinski definition) is 8. The van der Waals surface area contributed by atoms with Crippen molar-refractivity contribution in [1.82, 2.24) is 34.8 Å². The van der Waals surface area contributed by atoms with Crippen molar-refractivity contribution < 1.29 is 27.6 Å². The van der Waals surface area contributed by atoms with Gasteiger partial charge in [-0.3, -0.25) is 23.9 Å². The molecule has 7 rings (SSSR count). The Morgan fingerprint density at radius 2 is 1.60 bits per heavy atom. The minimum absolute atomic E-state index is 0.00150. The predicted molar refractivity (Wildman–Crippen MR) is 207 cm³/mol. The molecule has 2 aromatic carbocycles. The SMILES string of the molecule is C=C[C@@H]1C[C@]1(NC(=O)[C@@H]1C[C@@H](n2nnc(-c3ccccc3)c2-c2ccccc2)CN1C(=O)C(CC(=O)N1CCCCC1)C(C)(C)C)C(=O)NS(=O)(=O)C1CC1. The van der Waals surface area contributed by atoms with Crippen molar-refractivity contribution in [3.8, 4) is 22.5 Å². The van der Waals surface area contributed by atoms with Crippen LogP contribution in [0.5, 0.6) is 0 Å². The zero-order chi connectivity index (χ0) is 39.1. The van der Waals surface area contributed by atoms with Crippen LogP contribution >= 0.6 is 0 Å². The Morgan fingerprint density at radius 1 is 0.964 bits per heavy atom. The third-order valence-corrected chi connectivity index (χ3v) is 13.5. The van der Waals surface area contributed by atoms with Gasteiger partial charge in [-0.05, 0) is 43.9 Å². The fraction of sp³-hybridized carbons (Fsp3) is 0.512. The molecule has 4 fully saturated rings. The van der Waals surface area contributed by atoms with Gasteiger partial charge in [-0.15, -0.1) is 11.7 Å². The van der Waals surface area contributed by atoms with E-state index in [0.717, 1.165) is 36.1 Å². The van der Waals surface area contributed by atoms with Gasteiger partial charge >= 0.3 is 0 Å². The summed E-state index contributed by atoms with van der Waals surface area (Å²) in [4.78, 5) is 60.2. The van der Waals surface area contributed by atoms with Gasteiger partial charge in [0.2, 0.25) is 27.7 Å². The monoisotopic (exact) mass is 769 g/mol. The average molecular weight is 770 g/mol. The molecule has 4 amide bonds. The molecule has 2 saturated carbocycles. The molecule has 1 aromatic heterocycles. The molecule has 2 aliphatic carbocycles. The second-order valence-electron chi connectivity index (χ2n) is 16.6. The van der Waals surface area contributed by atoms with Gasteiger partial charge in [0.15, 0.2) is 0 Å². The molecule has 14 heteroatoms. The summed E-state index contributed by atoms with van der Waals surface area (Å²) < 4.78 is 29.6. The van der Waals surface area contributed by atoms with Gasteiger partial charge < -0.3 is 15.1 Å². The number of aromatic nitrogens is 3. The van der Waals surface area contributed by atoms with Crippen LogP contribution in [0.25, 0.3) is 22.5 Å². The van der Waals surface area contributed by atoms with Crippen molar-refractivity contribution in [2.75, 3.05) is 19.6 Å². The first-order valence-corrected chi connectivity index (χ1v) is 20.9. The fourth-order valence-corrected chi connectivity index (χ4v) is 9.48. The van der Waals surface area contributed by atoms with Crippen LogP contribution in [-0.2, 0) is 29.2 Å². The van der Waals surface area contributed by atoms with E-state index < -0.39 is 62.0 Å². The van der Waals surface area contributed by atoms with E-state index in [0.29, 0.717) is 31.6 Å². The summed E-state index contributed by atoms with van der Waals surface area (Å²) in [5.74, 6) is -3.05. The van der Waals surface area contributed by atoms with Gasteiger partial charge in [-0.25, -0.2) is 13.1 Å². The molecule has 5 atom stereocenters. The topological polar surface area (TPSA) is 164 Å². The van der Waals surface area contributed by atoms with E-state index in [-0.39, 0.29) is 37.6 Å². The highest BCUT2D eigenvalue weighted by Gasteiger charge is 2.62. The number of nitrogens with one attached hydrogen (secondary N) is 2. The lowest BCUT2D eigenvalue weighted by Crippen LogP contribution is -2.57. The molecule has 2 aliphatic heterocycles. The van der Waals surface area contributed by atoms with Crippen molar-refractivity contribution in [3.05, 3.63) is 73.3 Å². The molecule has 1 unspecified atom stereocenters. The van der Waals surface area contributed by atoms with Gasteiger partial charge in [-0.1, -0.05) is 92.7 Å². The molecule has 2 saturated heterocycles. The summed E-state index contributed by atoms with van der Waals surface area (Å²) in [7, 11) is -3.89. The molecule has 0 spiro atoms. The molecule has 4 aliphatic rings. The number of sulfonamides is 1. The average Bonchev–Trinajstić information content (AvgIpc) is 4.07. The van der Waals surface area contributed by atoms with Gasteiger partial charge in [-0.2, -0.15) is 0 Å². The second kappa shape index (κ2) is 15.0. The lowest BCUT2D eigenvalue weighted by atomic mass is 9.77. The normalized spacial score (nSPS) is 24.5. The van der Waals surface area contributed by atoms with E-state index in [1.165, 1.54) is 4.90 Å². The minimum atomic E-state index is -3.89. The third-order valence-electron chi connectivity index (χ3n) is 11.7. The van der Waals surface area contributed by atoms with E-state index >= 15 is 0 Å². The first kappa shape index (κ1) is 38.4. The highest BCUT2D eigenvalue weighted by atomic mass is 32.2. The summed E-state index contributed by atoms with van der Waals surface area (Å²) in [5, 5.41) is 11.5. The van der Waals surface area contributed by atoms with Crippen LogP contribution in [0.2, 0.25) is 0 Å². The standard InChI is InChI=1S/C41H51N7O6S/c1-5-29-25-41(29,39(52)44-55(53,54)31-19-20-31)42-37(50)33-23-30(26-47(33)38(51)32(40(2,3)4)24-34(49)46-21-13-8-14-22-46)48-36(28-17-11-7-12-18-28)35(43-45-48)27-15-9-6-10-16-27/h5-7,9-12,15-18,29-33H,1,8,13-14,19-26H2,2-4H3,(H,42,50)(H,44,52)/t29-,30-,32?,33+,41-/m1/s1. The number of likely N-dealkylation sites (tertiary alicyclic amines) is 2. The molecule has 292 valence electrons. The summed E-state index contributed by atoms with van der Waals surface area (Å²) in [6.45, 7) is 11.0. The van der Waals surface area contributed by atoms with Crippen LogP contribution in [0.3, 0.4) is 0 Å². The smallest absolute Gasteiger partial charge is 0.259 e. The number of piperidine rings is 1. The van der Waals surface area contributed by atoms with Gasteiger partial charge in [0, 0.05) is 49.5 Å². The van der Waals surface area contributed by atoms with Gasteiger partial charge in [0.1, 0.15) is 17.3 Å². The Labute approximate surface area is 323 Å². The zero-order valence-corrected chi connectivity index (χ0v) is 32.6. The molecule has 3 heterocycles. The zero-order valence-electron chi connectivity index (χ0n) is 31.8. The minimum Gasteiger partial charge on any atom is -0.343 e. The largest absolute Gasteiger partial charge is 0.343 e. The number of nitrogens with zero attached hydrogens (tertiary/aromatic N) is 5. The van der Waals surface area contributed by atoms with E-state index in [2.05, 4.69) is 26.9 Å². The highest BCUT2D eigenvalue weighted by molar-refractivity contribution is 7.91. The van der Waals surface area contributed by atoms with Gasteiger partial charge in [0.25, 0.3) is 5.91 Å². The molecule has 0 radical (unpaired) electrons. The number of rotatable bonds is 12. The quantitative estimate of drug-likeness (QED) is 0.255. The molecule has 2 N–H and O–H groups in total. The van der Waals surface area contributed by atoms with Crippen molar-refractivity contribution in [3.63, 3.8) is 0 Å². The van der Waals surface area contributed by atoms with E-state index in [1.807, 2.05) is 86.3 Å². The Balaban J connectivity index is 1.24. The van der Waals surface area contributed by atoms with E-state index in [9.17, 15) is 27.6 Å². The number of benzene rings is 2. The van der Waals surface area contributed by atoms with Crippen LogP contribution in [-0.4, -0.2) is 93.3 Å². The second-order valence-corrected chi connectivity index (χ2v) is 18.6. The van der Waals surface area contributed by atoms with Gasteiger partial charge in [0.05, 0.1) is 22.9 Å². The lowest BCUT2D eigenvalue weighted by Gasteiger charge is -2.36. The summed E-state index contributed by atoms with van der Waals surface area (Å²) in [6.07, 6.45) is 5.71. The maximum Gasteiger partial charge on any atom is 0.259 e. The number of amides is 4. The predicted octanol–water partition coefficient (Wildman–Crippen LogP) is 4.49. The van der Waals surface area contributed by atoms with Crippen LogP contribution in [0.1, 0.15) is 78.2 Å². The Bertz CT molecular complexity index is 2050. The maximum atomic E-state index is 14.9. The van der Waals surface area contributed by atoms with Crippen molar-refractivity contribution in [2.45, 2.75) is 95.0 Å². The highest BCUT2D eigenvalue weighted by Crippen LogP contribution is 2.46. The Hall–Kier alpha value is -4.85. The van der Waals surface area contributed by atoms with Crippen LogP contribution in [0, 0.1) is 17.3 Å². The first-order chi connectivity index (χ1) is 26.2. The fourth-order valence-electron chi connectivity index (χ4n) is 8.12. The van der Waals surface area contributed by atoms with Crippen molar-refractivity contribution in [2.24, 2.45) is 17.3 Å². The molecular weight excluding hydrogens is 719 g/mol. The van der Waals surface area contributed by atoms with Crippen LogP contribution < -0.4 is 10.0 Å². The molecule has 55 heavy (non-hydrogen) atoms. The van der Waals surface area contributed by atoms with Crippen molar-refractivity contribution >= 4 is 33.7 Å². The summed E-state index contributed by atoms with van der Waals surface area (Å²) in [6, 6.07) is 17.8. The van der Waals surface area contributed by atoms with E-state index in [4.69, 9.17) is 0 Å². The third kappa shape index (κ3) is 7.83. The number of hydrogen-bond donors (Lipinski definition) is 2. The Morgan fingerprint density at radius 3 is 2.18 bits per heavy atom. The summed E-state index contributed by atoms with van der Waals surface area (Å²) >= 11 is 0. The van der Waals surface area contributed by atoms with Crippen molar-refractivity contribution in [1.29, 1.82) is 0 Å². The molecule has 0 bridgehead atoms.